The van der Waals surface area contributed by atoms with Crippen LogP contribution in [0.1, 0.15) is 23.5 Å². The fraction of sp³-hybridized carbons (Fsp3) is 0.750. The maximum atomic E-state index is 5.41. The molecular formula is C12H20N2OS. The number of thiazole rings is 1. The topological polar surface area (TPSA) is 34.2 Å². The van der Waals surface area contributed by atoms with Gasteiger partial charge in [0.25, 0.3) is 0 Å². The third-order valence-corrected chi connectivity index (χ3v) is 4.26. The molecule has 0 saturated carbocycles. The number of hydrogen-bond donors (Lipinski definition) is 1. The maximum Gasteiger partial charge on any atom is 0.0943 e. The third kappa shape index (κ3) is 3.03. The molecule has 0 radical (unpaired) electrons. The van der Waals surface area contributed by atoms with Gasteiger partial charge in [-0.3, -0.25) is 0 Å². The first-order valence-corrected chi connectivity index (χ1v) is 6.83. The molecule has 1 unspecified atom stereocenters. The van der Waals surface area contributed by atoms with Crippen LogP contribution in [0, 0.1) is 12.8 Å². The summed E-state index contributed by atoms with van der Waals surface area (Å²) in [6, 6.07) is 0.550. The van der Waals surface area contributed by atoms with E-state index in [1.165, 1.54) is 17.8 Å². The molecule has 3 nitrogen and oxygen atoms in total. The lowest BCUT2D eigenvalue weighted by Gasteiger charge is -2.29. The summed E-state index contributed by atoms with van der Waals surface area (Å²) in [5.74, 6) is 0.739. The Balaban J connectivity index is 1.94. The molecule has 1 N–H and O–H groups in total. The number of ether oxygens (including phenoxy) is 1. The Labute approximate surface area is 101 Å². The van der Waals surface area contributed by atoms with Crippen molar-refractivity contribution >= 4 is 11.3 Å². The second-order valence-electron chi connectivity index (χ2n) is 4.43. The smallest absolute Gasteiger partial charge is 0.0943 e. The number of likely N-dealkylation sites (N-methyl/N-ethyl adjacent to an activating group) is 1. The van der Waals surface area contributed by atoms with E-state index < -0.39 is 0 Å². The molecule has 2 heterocycles. The van der Waals surface area contributed by atoms with E-state index in [1.807, 2.05) is 0 Å². The number of nitrogens with one attached hydrogen (secondary N) is 1. The molecule has 1 fully saturated rings. The molecule has 0 aliphatic carbocycles. The van der Waals surface area contributed by atoms with Gasteiger partial charge in [-0.05, 0) is 32.7 Å². The highest BCUT2D eigenvalue weighted by atomic mass is 32.1. The average molecular weight is 240 g/mol. The lowest BCUT2D eigenvalue weighted by molar-refractivity contribution is 0.0547. The molecule has 4 heteroatoms. The molecule has 90 valence electrons. The Bertz CT molecular complexity index is 321. The van der Waals surface area contributed by atoms with Crippen LogP contribution >= 0.6 is 11.3 Å². The quantitative estimate of drug-likeness (QED) is 0.874. The summed E-state index contributed by atoms with van der Waals surface area (Å²) in [5.41, 5.74) is 1.14. The number of hydrogen-bond acceptors (Lipinski definition) is 4. The van der Waals surface area contributed by atoms with Crippen molar-refractivity contribution in [3.8, 4) is 0 Å². The summed E-state index contributed by atoms with van der Waals surface area (Å²) in [7, 11) is 2.06. The molecule has 1 aromatic rings. The fourth-order valence-corrected chi connectivity index (χ4v) is 3.14. The van der Waals surface area contributed by atoms with Gasteiger partial charge in [-0.1, -0.05) is 0 Å². The predicted molar refractivity (Wildman–Crippen MR) is 66.9 cm³/mol. The Hall–Kier alpha value is -0.450. The van der Waals surface area contributed by atoms with Crippen molar-refractivity contribution in [2.24, 2.45) is 5.92 Å². The summed E-state index contributed by atoms with van der Waals surface area (Å²) in [5, 5.41) is 6.82. The van der Waals surface area contributed by atoms with Gasteiger partial charge in [-0.2, -0.15) is 0 Å². The highest BCUT2D eigenvalue weighted by Crippen LogP contribution is 2.22. The van der Waals surface area contributed by atoms with E-state index in [-0.39, 0.29) is 0 Å². The van der Waals surface area contributed by atoms with Crippen LogP contribution in [0.4, 0.5) is 0 Å². The molecule has 0 amide bonds. The number of aromatic nitrogens is 1. The van der Waals surface area contributed by atoms with Crippen molar-refractivity contribution in [2.75, 3.05) is 20.3 Å². The van der Waals surface area contributed by atoms with E-state index >= 15 is 0 Å². The van der Waals surface area contributed by atoms with Gasteiger partial charge in [0, 0.05) is 36.8 Å². The van der Waals surface area contributed by atoms with Gasteiger partial charge in [0.1, 0.15) is 0 Å². The number of aryl methyl sites for hydroxylation is 1. The first kappa shape index (κ1) is 12.0. The first-order valence-electron chi connectivity index (χ1n) is 5.95. The van der Waals surface area contributed by atoms with Crippen LogP contribution in [0.2, 0.25) is 0 Å². The zero-order chi connectivity index (χ0) is 11.4. The van der Waals surface area contributed by atoms with Crippen LogP contribution in [0.5, 0.6) is 0 Å². The standard InChI is InChI=1S/C12H20N2OS/c1-9-8-16-12(14-9)7-11(13-2)10-3-5-15-6-4-10/h8,10-11,13H,3-7H2,1-2H3. The lowest BCUT2D eigenvalue weighted by atomic mass is 9.90. The van der Waals surface area contributed by atoms with E-state index in [0.29, 0.717) is 6.04 Å². The molecule has 1 atom stereocenters. The van der Waals surface area contributed by atoms with E-state index in [4.69, 9.17) is 4.74 Å². The van der Waals surface area contributed by atoms with Crippen molar-refractivity contribution in [1.29, 1.82) is 0 Å². The summed E-state index contributed by atoms with van der Waals surface area (Å²) in [6.07, 6.45) is 3.41. The van der Waals surface area contributed by atoms with Crippen LogP contribution in [0.25, 0.3) is 0 Å². The minimum atomic E-state index is 0.550. The van der Waals surface area contributed by atoms with Crippen LogP contribution in [0.3, 0.4) is 0 Å². The zero-order valence-corrected chi connectivity index (χ0v) is 10.8. The second kappa shape index (κ2) is 5.75. The van der Waals surface area contributed by atoms with Gasteiger partial charge in [-0.25, -0.2) is 4.98 Å². The second-order valence-corrected chi connectivity index (χ2v) is 5.37. The summed E-state index contributed by atoms with van der Waals surface area (Å²) in [6.45, 7) is 3.89. The summed E-state index contributed by atoms with van der Waals surface area (Å²) in [4.78, 5) is 4.54. The van der Waals surface area contributed by atoms with Gasteiger partial charge in [0.15, 0.2) is 0 Å². The van der Waals surface area contributed by atoms with Crippen molar-refractivity contribution in [3.63, 3.8) is 0 Å². The molecule has 1 aliphatic rings. The molecular weight excluding hydrogens is 220 g/mol. The average Bonchev–Trinajstić information content (AvgIpc) is 2.73. The van der Waals surface area contributed by atoms with Crippen LogP contribution in [-0.4, -0.2) is 31.3 Å². The van der Waals surface area contributed by atoms with Crippen molar-refractivity contribution in [2.45, 2.75) is 32.2 Å². The Morgan fingerprint density at radius 2 is 2.31 bits per heavy atom. The van der Waals surface area contributed by atoms with Crippen LogP contribution < -0.4 is 5.32 Å². The molecule has 1 aliphatic heterocycles. The van der Waals surface area contributed by atoms with Crippen molar-refractivity contribution in [3.05, 3.63) is 16.1 Å². The molecule has 0 aromatic carbocycles. The Morgan fingerprint density at radius 1 is 1.56 bits per heavy atom. The minimum absolute atomic E-state index is 0.550. The van der Waals surface area contributed by atoms with E-state index in [2.05, 4.69) is 29.7 Å². The van der Waals surface area contributed by atoms with Gasteiger partial charge in [0.05, 0.1) is 5.01 Å². The maximum absolute atomic E-state index is 5.41. The molecule has 2 rings (SSSR count). The van der Waals surface area contributed by atoms with Crippen molar-refractivity contribution < 1.29 is 4.74 Å². The number of rotatable bonds is 4. The van der Waals surface area contributed by atoms with Crippen LogP contribution in [0.15, 0.2) is 5.38 Å². The van der Waals surface area contributed by atoms with Gasteiger partial charge in [-0.15, -0.1) is 11.3 Å². The Morgan fingerprint density at radius 3 is 2.88 bits per heavy atom. The summed E-state index contributed by atoms with van der Waals surface area (Å²) < 4.78 is 5.41. The van der Waals surface area contributed by atoms with Gasteiger partial charge >= 0.3 is 0 Å². The van der Waals surface area contributed by atoms with Crippen LogP contribution in [-0.2, 0) is 11.2 Å². The molecule has 1 aromatic heterocycles. The fourth-order valence-electron chi connectivity index (χ4n) is 2.31. The SMILES string of the molecule is CNC(Cc1nc(C)cs1)C1CCOCC1. The zero-order valence-electron chi connectivity index (χ0n) is 10.0. The Kier molecular flexibility index (Phi) is 4.32. The largest absolute Gasteiger partial charge is 0.381 e. The highest BCUT2D eigenvalue weighted by Gasteiger charge is 2.23. The highest BCUT2D eigenvalue weighted by molar-refractivity contribution is 7.09. The molecule has 0 spiro atoms. The molecule has 0 bridgehead atoms. The normalized spacial score (nSPS) is 19.9. The third-order valence-electron chi connectivity index (χ3n) is 3.27. The van der Waals surface area contributed by atoms with E-state index in [0.717, 1.165) is 31.2 Å². The minimum Gasteiger partial charge on any atom is -0.381 e. The monoisotopic (exact) mass is 240 g/mol. The van der Waals surface area contributed by atoms with Gasteiger partial charge < -0.3 is 10.1 Å². The summed E-state index contributed by atoms with van der Waals surface area (Å²) >= 11 is 1.77. The van der Waals surface area contributed by atoms with Crippen molar-refractivity contribution in [1.82, 2.24) is 10.3 Å². The molecule has 1 saturated heterocycles. The number of nitrogens with zero attached hydrogens (tertiary/aromatic N) is 1. The van der Waals surface area contributed by atoms with E-state index in [1.54, 1.807) is 11.3 Å². The van der Waals surface area contributed by atoms with E-state index in [9.17, 15) is 0 Å². The predicted octanol–water partition coefficient (Wildman–Crippen LogP) is 2.01. The van der Waals surface area contributed by atoms with Gasteiger partial charge in [0.2, 0.25) is 0 Å². The molecule has 16 heavy (non-hydrogen) atoms. The lowest BCUT2D eigenvalue weighted by Crippen LogP contribution is -2.38. The first-order chi connectivity index (χ1) is 7.79.